The van der Waals surface area contributed by atoms with Crippen LogP contribution in [0.25, 0.3) is 0 Å². The lowest BCUT2D eigenvalue weighted by Gasteiger charge is -2.09. The first-order chi connectivity index (χ1) is 12.7. The molecular weight excluding hydrogens is 350 g/mol. The molecule has 0 atom stereocenters. The fourth-order valence-corrected chi connectivity index (χ4v) is 2.48. The number of carbonyl (C=O) groups is 1. The van der Waals surface area contributed by atoms with Crippen LogP contribution in [-0.4, -0.2) is 15.9 Å². The third-order valence-corrected chi connectivity index (χ3v) is 3.98. The van der Waals surface area contributed by atoms with Crippen LogP contribution in [0.5, 0.6) is 0 Å². The summed E-state index contributed by atoms with van der Waals surface area (Å²) >= 11 is 6.13. The Kier molecular flexibility index (Phi) is 5.42. The summed E-state index contributed by atoms with van der Waals surface area (Å²) in [6.45, 7) is 0.467. The van der Waals surface area contributed by atoms with E-state index in [9.17, 15) is 4.79 Å². The van der Waals surface area contributed by atoms with E-state index in [-0.39, 0.29) is 5.69 Å². The van der Waals surface area contributed by atoms with Crippen molar-refractivity contribution in [1.82, 2.24) is 9.97 Å². The molecule has 2 aromatic carbocycles. The van der Waals surface area contributed by atoms with Gasteiger partial charge in [0, 0.05) is 17.6 Å². The zero-order valence-corrected chi connectivity index (χ0v) is 14.4. The van der Waals surface area contributed by atoms with Crippen LogP contribution in [0.2, 0.25) is 5.02 Å². The van der Waals surface area contributed by atoms with Crippen LogP contribution in [0.15, 0.2) is 60.9 Å². The molecule has 128 valence electrons. The van der Waals surface area contributed by atoms with Crippen LogP contribution in [0.3, 0.4) is 0 Å². The lowest BCUT2D eigenvalue weighted by molar-refractivity contribution is 0.102. The van der Waals surface area contributed by atoms with Gasteiger partial charge in [-0.05, 0) is 23.8 Å². The fourth-order valence-electron chi connectivity index (χ4n) is 2.28. The summed E-state index contributed by atoms with van der Waals surface area (Å²) in [7, 11) is 0. The highest BCUT2D eigenvalue weighted by Crippen LogP contribution is 2.17. The number of amides is 1. The van der Waals surface area contributed by atoms with E-state index in [0.717, 1.165) is 5.56 Å². The largest absolute Gasteiger partial charge is 0.366 e. The number of nitrogens with one attached hydrogen (secondary N) is 2. The molecule has 1 heterocycles. The monoisotopic (exact) mass is 363 g/mol. The highest BCUT2D eigenvalue weighted by molar-refractivity contribution is 6.31. The lowest BCUT2D eigenvalue weighted by Crippen LogP contribution is -2.15. The zero-order chi connectivity index (χ0) is 18.4. The number of benzene rings is 2. The number of nitriles is 1. The number of rotatable bonds is 5. The van der Waals surface area contributed by atoms with E-state index < -0.39 is 5.91 Å². The Morgan fingerprint density at radius 2 is 1.88 bits per heavy atom. The molecule has 2 N–H and O–H groups in total. The molecule has 0 saturated heterocycles. The van der Waals surface area contributed by atoms with Crippen LogP contribution in [0.1, 0.15) is 21.6 Å². The van der Waals surface area contributed by atoms with Crippen molar-refractivity contribution in [3.05, 3.63) is 82.8 Å². The SMILES string of the molecule is N#Cc1ccccc1NC(=O)c1cc(NCc2ccccc2Cl)ncn1. The predicted molar refractivity (Wildman–Crippen MR) is 99.9 cm³/mol. The van der Waals surface area contributed by atoms with Crippen LogP contribution in [-0.2, 0) is 6.54 Å². The van der Waals surface area contributed by atoms with Crippen molar-refractivity contribution in [3.63, 3.8) is 0 Å². The Bertz CT molecular complexity index is 983. The third kappa shape index (κ3) is 4.15. The van der Waals surface area contributed by atoms with Gasteiger partial charge >= 0.3 is 0 Å². The molecule has 0 aliphatic heterocycles. The molecule has 0 radical (unpaired) electrons. The molecule has 3 aromatic rings. The number of nitrogens with zero attached hydrogens (tertiary/aromatic N) is 3. The number of halogens is 1. The van der Waals surface area contributed by atoms with Gasteiger partial charge in [0.2, 0.25) is 0 Å². The Morgan fingerprint density at radius 1 is 1.12 bits per heavy atom. The van der Waals surface area contributed by atoms with Crippen LogP contribution >= 0.6 is 11.6 Å². The second kappa shape index (κ2) is 8.10. The predicted octanol–water partition coefficient (Wildman–Crippen LogP) is 3.87. The molecule has 0 fully saturated rings. The van der Waals surface area contributed by atoms with E-state index in [1.807, 2.05) is 30.3 Å². The van der Waals surface area contributed by atoms with Gasteiger partial charge < -0.3 is 10.6 Å². The van der Waals surface area contributed by atoms with Gasteiger partial charge in [-0.3, -0.25) is 4.79 Å². The number of para-hydroxylation sites is 1. The van der Waals surface area contributed by atoms with Gasteiger partial charge in [0.05, 0.1) is 11.3 Å². The number of hydrogen-bond acceptors (Lipinski definition) is 5. The fraction of sp³-hybridized carbons (Fsp3) is 0.0526. The molecule has 0 aliphatic rings. The van der Waals surface area contributed by atoms with Crippen molar-refractivity contribution in [2.24, 2.45) is 0 Å². The van der Waals surface area contributed by atoms with Gasteiger partial charge in [-0.25, -0.2) is 9.97 Å². The lowest BCUT2D eigenvalue weighted by atomic mass is 10.2. The molecule has 1 amide bonds. The molecule has 1 aromatic heterocycles. The first kappa shape index (κ1) is 17.4. The van der Waals surface area contributed by atoms with Crippen molar-refractivity contribution in [1.29, 1.82) is 5.26 Å². The van der Waals surface area contributed by atoms with Gasteiger partial charge in [0.1, 0.15) is 23.9 Å². The normalized spacial score (nSPS) is 10.0. The van der Waals surface area contributed by atoms with E-state index >= 15 is 0 Å². The van der Waals surface area contributed by atoms with Gasteiger partial charge in [-0.1, -0.05) is 41.9 Å². The summed E-state index contributed by atoms with van der Waals surface area (Å²) < 4.78 is 0. The summed E-state index contributed by atoms with van der Waals surface area (Å²) in [5.41, 5.74) is 1.92. The smallest absolute Gasteiger partial charge is 0.274 e. The Morgan fingerprint density at radius 3 is 2.69 bits per heavy atom. The standard InChI is InChI=1S/C19H14ClN5O/c20-15-7-3-1-6-14(15)11-22-18-9-17(23-12-24-18)19(26)25-16-8-4-2-5-13(16)10-21/h1-9,12H,11H2,(H,25,26)(H,22,23,24). The molecule has 26 heavy (non-hydrogen) atoms. The minimum absolute atomic E-state index is 0.189. The molecule has 6 nitrogen and oxygen atoms in total. The quantitative estimate of drug-likeness (QED) is 0.718. The van der Waals surface area contributed by atoms with Crippen LogP contribution in [0.4, 0.5) is 11.5 Å². The summed E-state index contributed by atoms with van der Waals surface area (Å²) in [6.07, 6.45) is 1.31. The van der Waals surface area contributed by atoms with E-state index in [1.165, 1.54) is 6.33 Å². The maximum atomic E-state index is 12.4. The molecular formula is C19H14ClN5O. The Balaban J connectivity index is 1.71. The second-order valence-electron chi connectivity index (χ2n) is 5.34. The Hall–Kier alpha value is -3.43. The minimum Gasteiger partial charge on any atom is -0.366 e. The van der Waals surface area contributed by atoms with Crippen LogP contribution < -0.4 is 10.6 Å². The topological polar surface area (TPSA) is 90.7 Å². The van der Waals surface area contributed by atoms with Crippen molar-refractivity contribution < 1.29 is 4.79 Å². The maximum Gasteiger partial charge on any atom is 0.274 e. The van der Waals surface area contributed by atoms with Crippen molar-refractivity contribution in [3.8, 4) is 6.07 Å². The van der Waals surface area contributed by atoms with Crippen molar-refractivity contribution >= 4 is 29.0 Å². The van der Waals surface area contributed by atoms with E-state index in [4.69, 9.17) is 16.9 Å². The first-order valence-electron chi connectivity index (χ1n) is 7.77. The molecule has 0 bridgehead atoms. The molecule has 3 rings (SSSR count). The number of carbonyl (C=O) groups excluding carboxylic acids is 1. The highest BCUT2D eigenvalue weighted by Gasteiger charge is 2.11. The highest BCUT2D eigenvalue weighted by atomic mass is 35.5. The average Bonchev–Trinajstić information content (AvgIpc) is 2.68. The summed E-state index contributed by atoms with van der Waals surface area (Å²) in [4.78, 5) is 20.5. The van der Waals surface area contributed by atoms with E-state index in [2.05, 4.69) is 20.6 Å². The Labute approximate surface area is 155 Å². The molecule has 7 heteroatoms. The van der Waals surface area contributed by atoms with E-state index in [1.54, 1.807) is 30.3 Å². The maximum absolute atomic E-state index is 12.4. The van der Waals surface area contributed by atoms with E-state index in [0.29, 0.717) is 28.6 Å². The summed E-state index contributed by atoms with van der Waals surface area (Å²) in [5, 5.41) is 15.6. The van der Waals surface area contributed by atoms with Crippen LogP contribution in [0, 0.1) is 11.3 Å². The third-order valence-electron chi connectivity index (χ3n) is 3.61. The first-order valence-corrected chi connectivity index (χ1v) is 8.15. The zero-order valence-electron chi connectivity index (χ0n) is 13.6. The molecule has 0 unspecified atom stereocenters. The minimum atomic E-state index is -0.420. The average molecular weight is 364 g/mol. The summed E-state index contributed by atoms with van der Waals surface area (Å²) in [5.74, 6) is 0.0783. The molecule has 0 spiro atoms. The second-order valence-corrected chi connectivity index (χ2v) is 5.75. The summed E-state index contributed by atoms with van der Waals surface area (Å²) in [6, 6.07) is 17.8. The number of aromatic nitrogens is 2. The number of anilines is 2. The van der Waals surface area contributed by atoms with Gasteiger partial charge in [0.25, 0.3) is 5.91 Å². The van der Waals surface area contributed by atoms with Gasteiger partial charge in [0.15, 0.2) is 0 Å². The number of hydrogen-bond donors (Lipinski definition) is 2. The molecule has 0 aliphatic carbocycles. The molecule has 0 saturated carbocycles. The van der Waals surface area contributed by atoms with Crippen molar-refractivity contribution in [2.75, 3.05) is 10.6 Å². The van der Waals surface area contributed by atoms with Gasteiger partial charge in [-0.2, -0.15) is 5.26 Å². The van der Waals surface area contributed by atoms with Gasteiger partial charge in [-0.15, -0.1) is 0 Å². The van der Waals surface area contributed by atoms with Crippen molar-refractivity contribution in [2.45, 2.75) is 6.54 Å².